The Labute approximate surface area is 232 Å². The van der Waals surface area contributed by atoms with E-state index in [2.05, 4.69) is 20.6 Å². The number of tetrazole rings is 1. The van der Waals surface area contributed by atoms with Gasteiger partial charge >= 0.3 is 5.97 Å². The number of methoxy groups -OCH3 is 1. The van der Waals surface area contributed by atoms with Gasteiger partial charge in [0.2, 0.25) is 5.82 Å². The zero-order chi connectivity index (χ0) is 27.0. The molecule has 1 atom stereocenters. The van der Waals surface area contributed by atoms with Crippen molar-refractivity contribution < 1.29 is 19.4 Å². The van der Waals surface area contributed by atoms with Gasteiger partial charge in [-0.1, -0.05) is 35.9 Å². The van der Waals surface area contributed by atoms with Gasteiger partial charge in [-0.05, 0) is 53.2 Å². The first-order valence-corrected chi connectivity index (χ1v) is 13.5. The molecular weight excluding hydrogens is 538 g/mol. The number of rotatable bonds is 7. The van der Waals surface area contributed by atoms with Crippen LogP contribution in [0.1, 0.15) is 23.1 Å². The maximum atomic E-state index is 11.4. The third-order valence-corrected chi connectivity index (χ3v) is 8.30. The molecular formula is C28H22ClN5O4S. The second-order valence-corrected chi connectivity index (χ2v) is 10.7. The Morgan fingerprint density at radius 1 is 1.10 bits per heavy atom. The second-order valence-electron chi connectivity index (χ2n) is 8.95. The Morgan fingerprint density at radius 3 is 2.74 bits per heavy atom. The van der Waals surface area contributed by atoms with Crippen LogP contribution in [0.3, 0.4) is 0 Å². The van der Waals surface area contributed by atoms with E-state index < -0.39 is 10.9 Å². The van der Waals surface area contributed by atoms with E-state index in [0.717, 1.165) is 44.4 Å². The van der Waals surface area contributed by atoms with E-state index in [-0.39, 0.29) is 13.0 Å². The molecule has 2 N–H and O–H groups in total. The minimum Gasteiger partial charge on any atom is -0.488 e. The molecule has 0 fully saturated rings. The molecule has 39 heavy (non-hydrogen) atoms. The third kappa shape index (κ3) is 4.71. The van der Waals surface area contributed by atoms with E-state index in [1.54, 1.807) is 7.11 Å². The summed E-state index contributed by atoms with van der Waals surface area (Å²) in [5.74, 6) is 0.556. The van der Waals surface area contributed by atoms with Crippen molar-refractivity contribution >= 4 is 40.2 Å². The minimum absolute atomic E-state index is 0.0189. The number of halogens is 1. The molecule has 0 spiro atoms. The van der Waals surface area contributed by atoms with Crippen molar-refractivity contribution in [3.63, 3.8) is 0 Å². The van der Waals surface area contributed by atoms with Crippen LogP contribution in [0.5, 0.6) is 5.75 Å². The number of carboxylic acids is 1. The lowest BCUT2D eigenvalue weighted by molar-refractivity contribution is -0.136. The van der Waals surface area contributed by atoms with Crippen LogP contribution < -0.4 is 4.74 Å². The topological polar surface area (TPSA) is 123 Å². The van der Waals surface area contributed by atoms with E-state index in [0.29, 0.717) is 22.3 Å². The number of carbonyl (C=O) groups is 1. The molecule has 0 aliphatic carbocycles. The maximum Gasteiger partial charge on any atom is 0.304 e. The van der Waals surface area contributed by atoms with Crippen LogP contribution >= 0.6 is 23.4 Å². The number of pyridine rings is 1. The first-order chi connectivity index (χ1) is 19.0. The molecule has 0 amide bonds. The fraction of sp³-hybridized carbons (Fsp3) is 0.179. The molecule has 3 aromatic carbocycles. The molecule has 1 aliphatic heterocycles. The summed E-state index contributed by atoms with van der Waals surface area (Å²) >= 11 is 7.63. The van der Waals surface area contributed by atoms with Gasteiger partial charge in [0.1, 0.15) is 12.4 Å². The van der Waals surface area contributed by atoms with E-state index in [9.17, 15) is 9.90 Å². The molecule has 6 rings (SSSR count). The van der Waals surface area contributed by atoms with Crippen molar-refractivity contribution in [3.8, 4) is 28.4 Å². The molecule has 0 radical (unpaired) electrons. The fourth-order valence-corrected chi connectivity index (χ4v) is 6.32. The van der Waals surface area contributed by atoms with Gasteiger partial charge in [-0.2, -0.15) is 5.21 Å². The number of nitrogens with zero attached hydrogens (tertiary/aromatic N) is 4. The summed E-state index contributed by atoms with van der Waals surface area (Å²) in [7, 11) is 1.63. The Morgan fingerprint density at radius 2 is 1.95 bits per heavy atom. The van der Waals surface area contributed by atoms with Crippen LogP contribution in [0.4, 0.5) is 0 Å². The smallest absolute Gasteiger partial charge is 0.304 e. The molecule has 3 heterocycles. The van der Waals surface area contributed by atoms with Gasteiger partial charge in [-0.25, -0.2) is 4.98 Å². The Balaban J connectivity index is 1.50. The van der Waals surface area contributed by atoms with Crippen molar-refractivity contribution in [2.45, 2.75) is 18.0 Å². The maximum absolute atomic E-state index is 11.4. The molecule has 5 aromatic rings. The van der Waals surface area contributed by atoms with Crippen LogP contribution in [0.2, 0.25) is 5.02 Å². The highest BCUT2D eigenvalue weighted by molar-refractivity contribution is 8.00. The van der Waals surface area contributed by atoms with Gasteiger partial charge in [-0.3, -0.25) is 4.79 Å². The number of fused-ring (bicyclic) bond motifs is 3. The summed E-state index contributed by atoms with van der Waals surface area (Å²) in [5, 5.41) is 25.3. The van der Waals surface area contributed by atoms with Crippen molar-refractivity contribution in [2.24, 2.45) is 0 Å². The molecule has 196 valence electrons. The van der Waals surface area contributed by atoms with Gasteiger partial charge in [0.15, 0.2) is 4.93 Å². The summed E-state index contributed by atoms with van der Waals surface area (Å²) in [6.07, 6.45) is -0.0189. The number of ether oxygens (including phenoxy) is 2. The summed E-state index contributed by atoms with van der Waals surface area (Å²) < 4.78 is 12.6. The lowest BCUT2D eigenvalue weighted by atomic mass is 9.93. The van der Waals surface area contributed by atoms with Crippen molar-refractivity contribution in [1.82, 2.24) is 25.6 Å². The Hall–Kier alpha value is -3.99. The molecule has 0 saturated heterocycles. The lowest BCUT2D eigenvalue weighted by Crippen LogP contribution is -2.28. The van der Waals surface area contributed by atoms with Crippen molar-refractivity contribution in [2.75, 3.05) is 12.9 Å². The zero-order valence-corrected chi connectivity index (χ0v) is 22.3. The molecule has 0 saturated carbocycles. The van der Waals surface area contributed by atoms with Gasteiger partial charge in [0, 0.05) is 45.5 Å². The molecule has 1 unspecified atom stereocenters. The fourth-order valence-electron chi connectivity index (χ4n) is 4.80. The first kappa shape index (κ1) is 25.3. The summed E-state index contributed by atoms with van der Waals surface area (Å²) in [6.45, 7) is 0.282. The van der Waals surface area contributed by atoms with Gasteiger partial charge in [-0.15, -0.1) is 22.0 Å². The van der Waals surface area contributed by atoms with Crippen LogP contribution in [-0.4, -0.2) is 49.5 Å². The average molecular weight is 560 g/mol. The first-order valence-electron chi connectivity index (χ1n) is 12.1. The van der Waals surface area contributed by atoms with Gasteiger partial charge in [0.05, 0.1) is 17.6 Å². The number of nitrogens with one attached hydrogen (secondary N) is 1. The largest absolute Gasteiger partial charge is 0.488 e. The second kappa shape index (κ2) is 10.3. The number of H-pyrrole nitrogens is 1. The highest BCUT2D eigenvalue weighted by atomic mass is 35.5. The molecule has 0 bridgehead atoms. The normalized spacial score (nSPS) is 16.3. The Kier molecular flexibility index (Phi) is 6.68. The molecule has 1 aliphatic rings. The number of hydrogen-bond donors (Lipinski definition) is 2. The summed E-state index contributed by atoms with van der Waals surface area (Å²) in [4.78, 5) is 15.2. The lowest BCUT2D eigenvalue weighted by Gasteiger charge is -2.33. The number of hydrogen-bond acceptors (Lipinski definition) is 8. The molecule has 9 nitrogen and oxygen atoms in total. The number of benzene rings is 3. The highest BCUT2D eigenvalue weighted by Crippen LogP contribution is 2.51. The van der Waals surface area contributed by atoms with E-state index >= 15 is 0 Å². The number of carboxylic acid groups (broad SMARTS) is 1. The van der Waals surface area contributed by atoms with Crippen LogP contribution in [0.15, 0.2) is 66.7 Å². The van der Waals surface area contributed by atoms with E-state index in [1.807, 2.05) is 66.7 Å². The summed E-state index contributed by atoms with van der Waals surface area (Å²) in [6, 6.07) is 21.3. The number of aromatic amines is 1. The van der Waals surface area contributed by atoms with Crippen LogP contribution in [0.25, 0.3) is 33.5 Å². The standard InChI is InChI=1S/C28H22ClN5O4S/c1-37-28(39-11-10-26(35)36)21-7-3-18(27-31-33-34-32-27)12-19(21)15-38-25-9-5-17(13-22(25)28)23-8-4-16-2-6-20(29)14-24(16)30-23/h2-9,12-14H,10-11,15H2,1H3,(H,35,36)(H,31,32,33,34). The van der Waals surface area contributed by atoms with E-state index in [1.165, 1.54) is 11.8 Å². The van der Waals surface area contributed by atoms with E-state index in [4.69, 9.17) is 26.1 Å². The van der Waals surface area contributed by atoms with Crippen molar-refractivity contribution in [3.05, 3.63) is 88.4 Å². The van der Waals surface area contributed by atoms with Crippen LogP contribution in [0, 0.1) is 0 Å². The molecule has 11 heteroatoms. The number of aromatic nitrogens is 5. The molecule has 2 aromatic heterocycles. The predicted octanol–water partition coefficient (Wildman–Crippen LogP) is 5.68. The number of thioether (sulfide) groups is 1. The minimum atomic E-state index is -1.04. The monoisotopic (exact) mass is 559 g/mol. The zero-order valence-electron chi connectivity index (χ0n) is 20.7. The van der Waals surface area contributed by atoms with Gasteiger partial charge in [0.25, 0.3) is 0 Å². The van der Waals surface area contributed by atoms with Crippen molar-refractivity contribution in [1.29, 1.82) is 0 Å². The Bertz CT molecular complexity index is 1700. The SMILES string of the molecule is COC1(SCCC(=O)O)c2ccc(-c3nn[nH]n3)cc2COc2ccc(-c3ccc4ccc(Cl)cc4n3)cc21. The third-order valence-electron chi connectivity index (χ3n) is 6.64. The van der Waals surface area contributed by atoms with Gasteiger partial charge < -0.3 is 14.6 Å². The predicted molar refractivity (Wildman–Crippen MR) is 149 cm³/mol. The van der Waals surface area contributed by atoms with Crippen LogP contribution in [-0.2, 0) is 21.1 Å². The quantitative estimate of drug-likeness (QED) is 0.242. The highest BCUT2D eigenvalue weighted by Gasteiger charge is 2.42. The summed E-state index contributed by atoms with van der Waals surface area (Å²) in [5.41, 5.74) is 5.71. The number of aliphatic carboxylic acids is 1. The average Bonchev–Trinajstić information content (AvgIpc) is 3.45.